The first-order valence-corrected chi connectivity index (χ1v) is 9.05. The first-order chi connectivity index (χ1) is 11.7. The fourth-order valence-corrected chi connectivity index (χ4v) is 3.70. The Balaban J connectivity index is 1.41. The summed E-state index contributed by atoms with van der Waals surface area (Å²) in [7, 11) is 0. The first kappa shape index (κ1) is 17.3. The zero-order chi connectivity index (χ0) is 16.9. The molecule has 0 aromatic carbocycles. The lowest BCUT2D eigenvalue weighted by atomic mass is 10.2. The summed E-state index contributed by atoms with van der Waals surface area (Å²) < 4.78 is 2.12. The van der Waals surface area contributed by atoms with Gasteiger partial charge in [0, 0.05) is 24.0 Å². The maximum Gasteiger partial charge on any atom is 0.234 e. The second-order valence-corrected chi connectivity index (χ2v) is 6.82. The van der Waals surface area contributed by atoms with Gasteiger partial charge in [0.2, 0.25) is 5.78 Å². The summed E-state index contributed by atoms with van der Waals surface area (Å²) in [5.41, 5.74) is 3.35. The van der Waals surface area contributed by atoms with Crippen molar-refractivity contribution >= 4 is 5.78 Å². The van der Waals surface area contributed by atoms with E-state index in [4.69, 9.17) is 0 Å². The molecule has 24 heavy (non-hydrogen) atoms. The average molecular weight is 331 g/mol. The molecule has 6 heteroatoms. The third kappa shape index (κ3) is 3.94. The van der Waals surface area contributed by atoms with Crippen LogP contribution in [0.3, 0.4) is 0 Å². The standard InChI is InChI=1S/C18H29N5O/c1-14-10-15(2)23-17(12-20-18(23)21-14)11-19-7-3-4-8-22-9-5-6-16(22)13-24/h10,12,16,19,24H,3-9,11,13H2,1-2H3. The Morgan fingerprint density at radius 2 is 2.21 bits per heavy atom. The van der Waals surface area contributed by atoms with Crippen LogP contribution in [-0.2, 0) is 6.54 Å². The van der Waals surface area contributed by atoms with E-state index in [1.54, 1.807) is 0 Å². The lowest BCUT2D eigenvalue weighted by Crippen LogP contribution is -2.33. The van der Waals surface area contributed by atoms with Crippen molar-refractivity contribution in [1.82, 2.24) is 24.6 Å². The monoisotopic (exact) mass is 331 g/mol. The predicted octanol–water partition coefficient (Wildman–Crippen LogP) is 1.67. The molecule has 0 spiro atoms. The number of aliphatic hydroxyl groups is 1. The van der Waals surface area contributed by atoms with Gasteiger partial charge in [-0.15, -0.1) is 0 Å². The van der Waals surface area contributed by atoms with E-state index < -0.39 is 0 Å². The quantitative estimate of drug-likeness (QED) is 0.721. The number of fused-ring (bicyclic) bond motifs is 1. The van der Waals surface area contributed by atoms with Crippen LogP contribution < -0.4 is 5.32 Å². The summed E-state index contributed by atoms with van der Waals surface area (Å²) in [5, 5.41) is 12.9. The highest BCUT2D eigenvalue weighted by Gasteiger charge is 2.22. The molecule has 2 N–H and O–H groups in total. The molecule has 1 atom stereocenters. The van der Waals surface area contributed by atoms with Crippen molar-refractivity contribution in [3.63, 3.8) is 0 Å². The van der Waals surface area contributed by atoms with E-state index in [0.717, 1.165) is 56.2 Å². The number of likely N-dealkylation sites (tertiary alicyclic amines) is 1. The van der Waals surface area contributed by atoms with Crippen LogP contribution in [0.4, 0.5) is 0 Å². The minimum atomic E-state index is 0.305. The van der Waals surface area contributed by atoms with Crippen LogP contribution in [0.2, 0.25) is 0 Å². The lowest BCUT2D eigenvalue weighted by Gasteiger charge is -2.22. The Morgan fingerprint density at radius 3 is 3.04 bits per heavy atom. The molecule has 3 rings (SSSR count). The molecule has 3 heterocycles. The van der Waals surface area contributed by atoms with Gasteiger partial charge in [0.1, 0.15) is 0 Å². The molecule has 2 aromatic heterocycles. The van der Waals surface area contributed by atoms with Crippen molar-refractivity contribution in [2.24, 2.45) is 0 Å². The summed E-state index contributed by atoms with van der Waals surface area (Å²) in [5.74, 6) is 0.786. The maximum absolute atomic E-state index is 9.34. The molecule has 0 aliphatic carbocycles. The van der Waals surface area contributed by atoms with Crippen molar-refractivity contribution in [1.29, 1.82) is 0 Å². The predicted molar refractivity (Wildman–Crippen MR) is 95.1 cm³/mol. The molecule has 1 fully saturated rings. The number of imidazole rings is 1. The Labute approximate surface area is 143 Å². The van der Waals surface area contributed by atoms with Crippen LogP contribution in [0.25, 0.3) is 5.78 Å². The highest BCUT2D eigenvalue weighted by molar-refractivity contribution is 5.35. The summed E-state index contributed by atoms with van der Waals surface area (Å²) >= 11 is 0. The van der Waals surface area contributed by atoms with Gasteiger partial charge in [0.25, 0.3) is 0 Å². The molecule has 0 saturated carbocycles. The first-order valence-electron chi connectivity index (χ1n) is 9.05. The number of aliphatic hydroxyl groups excluding tert-OH is 1. The second-order valence-electron chi connectivity index (χ2n) is 6.82. The third-order valence-electron chi connectivity index (χ3n) is 4.93. The molecule has 132 valence electrons. The Bertz CT molecular complexity index is 669. The van der Waals surface area contributed by atoms with Gasteiger partial charge >= 0.3 is 0 Å². The molecule has 6 nitrogen and oxygen atoms in total. The molecule has 1 aliphatic rings. The molecular weight excluding hydrogens is 302 g/mol. The van der Waals surface area contributed by atoms with Gasteiger partial charge in [0.05, 0.1) is 18.5 Å². The highest BCUT2D eigenvalue weighted by atomic mass is 16.3. The highest BCUT2D eigenvalue weighted by Crippen LogP contribution is 2.16. The molecule has 1 saturated heterocycles. The minimum absolute atomic E-state index is 0.305. The molecule has 0 bridgehead atoms. The number of nitrogens with zero attached hydrogens (tertiary/aromatic N) is 4. The minimum Gasteiger partial charge on any atom is -0.395 e. The number of hydrogen-bond acceptors (Lipinski definition) is 5. The molecule has 2 aromatic rings. The van der Waals surface area contributed by atoms with E-state index in [9.17, 15) is 5.11 Å². The number of aromatic nitrogens is 3. The fourth-order valence-electron chi connectivity index (χ4n) is 3.70. The van der Waals surface area contributed by atoms with Gasteiger partial charge in [-0.3, -0.25) is 9.30 Å². The van der Waals surface area contributed by atoms with E-state index in [1.807, 2.05) is 13.1 Å². The summed E-state index contributed by atoms with van der Waals surface area (Å²) in [6, 6.07) is 2.49. The number of rotatable bonds is 8. The number of unbranched alkanes of at least 4 members (excludes halogenated alkanes) is 1. The number of aryl methyl sites for hydroxylation is 2. The van der Waals surface area contributed by atoms with Crippen molar-refractivity contribution in [2.45, 2.75) is 52.1 Å². The van der Waals surface area contributed by atoms with E-state index in [-0.39, 0.29) is 0 Å². The van der Waals surface area contributed by atoms with Crippen molar-refractivity contribution in [3.05, 3.63) is 29.3 Å². The maximum atomic E-state index is 9.34. The van der Waals surface area contributed by atoms with Gasteiger partial charge in [-0.05, 0) is 65.2 Å². The lowest BCUT2D eigenvalue weighted by molar-refractivity contribution is 0.157. The summed E-state index contributed by atoms with van der Waals surface area (Å²) in [6.07, 6.45) is 6.62. The molecule has 0 radical (unpaired) electrons. The Hall–Kier alpha value is -1.50. The normalized spacial score (nSPS) is 18.7. The van der Waals surface area contributed by atoms with Crippen molar-refractivity contribution in [3.8, 4) is 0 Å². The van der Waals surface area contributed by atoms with Crippen molar-refractivity contribution in [2.75, 3.05) is 26.2 Å². The second kappa shape index (κ2) is 8.05. The van der Waals surface area contributed by atoms with Gasteiger partial charge < -0.3 is 10.4 Å². The fraction of sp³-hybridized carbons (Fsp3) is 0.667. The molecule has 0 amide bonds. The number of hydrogen-bond donors (Lipinski definition) is 2. The van der Waals surface area contributed by atoms with Gasteiger partial charge in [-0.1, -0.05) is 0 Å². The van der Waals surface area contributed by atoms with Crippen LogP contribution in [0.1, 0.15) is 42.8 Å². The molecular formula is C18H29N5O. The Morgan fingerprint density at radius 1 is 1.33 bits per heavy atom. The topological polar surface area (TPSA) is 65.7 Å². The smallest absolute Gasteiger partial charge is 0.234 e. The zero-order valence-corrected chi connectivity index (χ0v) is 14.8. The molecule has 1 aliphatic heterocycles. The van der Waals surface area contributed by atoms with E-state index >= 15 is 0 Å². The summed E-state index contributed by atoms with van der Waals surface area (Å²) in [4.78, 5) is 11.3. The van der Waals surface area contributed by atoms with Crippen LogP contribution in [0.5, 0.6) is 0 Å². The van der Waals surface area contributed by atoms with Crippen LogP contribution in [0, 0.1) is 13.8 Å². The number of nitrogens with one attached hydrogen (secondary N) is 1. The Kier molecular flexibility index (Phi) is 5.81. The van der Waals surface area contributed by atoms with Gasteiger partial charge in [-0.2, -0.15) is 0 Å². The molecule has 1 unspecified atom stereocenters. The van der Waals surface area contributed by atoms with Gasteiger partial charge in [-0.25, -0.2) is 9.97 Å². The van der Waals surface area contributed by atoms with E-state index in [2.05, 4.69) is 37.6 Å². The van der Waals surface area contributed by atoms with E-state index in [1.165, 1.54) is 18.5 Å². The summed E-state index contributed by atoms with van der Waals surface area (Å²) in [6.45, 7) is 8.47. The SMILES string of the molecule is Cc1cc(C)n2c(CNCCCCN3CCCC3CO)cnc2n1. The van der Waals surface area contributed by atoms with E-state index in [0.29, 0.717) is 12.6 Å². The largest absolute Gasteiger partial charge is 0.395 e. The van der Waals surface area contributed by atoms with Crippen LogP contribution >= 0.6 is 0 Å². The zero-order valence-electron chi connectivity index (χ0n) is 14.8. The van der Waals surface area contributed by atoms with Crippen LogP contribution in [-0.4, -0.2) is 56.7 Å². The van der Waals surface area contributed by atoms with Crippen LogP contribution in [0.15, 0.2) is 12.3 Å². The van der Waals surface area contributed by atoms with Gasteiger partial charge in [0.15, 0.2) is 0 Å². The van der Waals surface area contributed by atoms with Crippen molar-refractivity contribution < 1.29 is 5.11 Å². The average Bonchev–Trinajstić information content (AvgIpc) is 3.17. The third-order valence-corrected chi connectivity index (χ3v) is 4.93.